The first-order valence-corrected chi connectivity index (χ1v) is 8.36. The average Bonchev–Trinajstić information content (AvgIpc) is 2.99. The van der Waals surface area contributed by atoms with Gasteiger partial charge in [0.25, 0.3) is 5.92 Å². The van der Waals surface area contributed by atoms with Crippen molar-refractivity contribution >= 4 is 11.2 Å². The van der Waals surface area contributed by atoms with Crippen molar-refractivity contribution in [2.45, 2.75) is 39.2 Å². The third-order valence-electron chi connectivity index (χ3n) is 5.19. The van der Waals surface area contributed by atoms with Gasteiger partial charge in [0.1, 0.15) is 11.4 Å². The third kappa shape index (κ3) is 2.08. The van der Waals surface area contributed by atoms with E-state index in [0.717, 1.165) is 11.3 Å². The number of nitrogens with zero attached hydrogens (tertiary/aromatic N) is 3. The van der Waals surface area contributed by atoms with Gasteiger partial charge in [0.2, 0.25) is 0 Å². The quantitative estimate of drug-likeness (QED) is 0.614. The summed E-state index contributed by atoms with van der Waals surface area (Å²) in [6.07, 6.45) is 1.57. The normalized spacial score (nSPS) is 17.9. The maximum absolute atomic E-state index is 14.9. The minimum Gasteiger partial charge on any atom is -0.271 e. The number of pyridine rings is 1. The van der Waals surface area contributed by atoms with E-state index >= 15 is 0 Å². The second kappa shape index (κ2) is 5.19. The SMILES string of the molecule is Cc1ccc2c(C3=NC(C)(C)C(F)(F)c4cccc(F)c43)cnn2c1C. The number of aryl methyl sites for hydroxylation is 2. The zero-order valence-corrected chi connectivity index (χ0v) is 14.9. The van der Waals surface area contributed by atoms with Crippen LogP contribution in [0.15, 0.2) is 41.5 Å². The van der Waals surface area contributed by atoms with Gasteiger partial charge in [0.05, 0.1) is 17.4 Å². The summed E-state index contributed by atoms with van der Waals surface area (Å²) in [5, 5.41) is 4.37. The van der Waals surface area contributed by atoms with Crippen LogP contribution < -0.4 is 0 Å². The summed E-state index contributed by atoms with van der Waals surface area (Å²) in [5.41, 5.74) is 1.27. The summed E-state index contributed by atoms with van der Waals surface area (Å²) in [6, 6.07) is 7.55. The van der Waals surface area contributed by atoms with Crippen LogP contribution in [0.1, 0.15) is 41.8 Å². The van der Waals surface area contributed by atoms with E-state index in [9.17, 15) is 13.2 Å². The molecule has 3 aromatic rings. The molecule has 0 unspecified atom stereocenters. The summed E-state index contributed by atoms with van der Waals surface area (Å²) < 4.78 is 46.2. The Bertz CT molecular complexity index is 1080. The second-order valence-corrected chi connectivity index (χ2v) is 7.21. The fourth-order valence-corrected chi connectivity index (χ4v) is 3.42. The van der Waals surface area contributed by atoms with E-state index in [0.29, 0.717) is 11.1 Å². The van der Waals surface area contributed by atoms with Crippen molar-refractivity contribution in [3.8, 4) is 0 Å². The van der Waals surface area contributed by atoms with E-state index < -0.39 is 17.3 Å². The molecule has 0 bridgehead atoms. The van der Waals surface area contributed by atoms with Crippen LogP contribution in [-0.4, -0.2) is 20.9 Å². The summed E-state index contributed by atoms with van der Waals surface area (Å²) in [5.74, 6) is -3.98. The largest absolute Gasteiger partial charge is 0.298 e. The van der Waals surface area contributed by atoms with Gasteiger partial charge >= 0.3 is 0 Å². The molecule has 0 fully saturated rings. The Morgan fingerprint density at radius 2 is 1.77 bits per heavy atom. The molecule has 1 aromatic carbocycles. The van der Waals surface area contributed by atoms with Gasteiger partial charge in [-0.2, -0.15) is 13.9 Å². The first-order chi connectivity index (χ1) is 12.1. The van der Waals surface area contributed by atoms with E-state index in [-0.39, 0.29) is 16.8 Å². The molecule has 6 heteroatoms. The van der Waals surface area contributed by atoms with E-state index in [1.807, 2.05) is 26.0 Å². The number of alkyl halides is 2. The third-order valence-corrected chi connectivity index (χ3v) is 5.19. The van der Waals surface area contributed by atoms with E-state index in [4.69, 9.17) is 0 Å². The molecule has 2 aromatic heterocycles. The molecule has 0 spiro atoms. The Kier molecular flexibility index (Phi) is 3.36. The first kappa shape index (κ1) is 16.8. The maximum Gasteiger partial charge on any atom is 0.298 e. The van der Waals surface area contributed by atoms with E-state index in [1.54, 1.807) is 10.7 Å². The number of aromatic nitrogens is 2. The minimum absolute atomic E-state index is 0.148. The molecule has 3 nitrogen and oxygen atoms in total. The zero-order valence-electron chi connectivity index (χ0n) is 14.9. The highest BCUT2D eigenvalue weighted by atomic mass is 19.3. The lowest BCUT2D eigenvalue weighted by atomic mass is 9.81. The Morgan fingerprint density at radius 1 is 1.04 bits per heavy atom. The fourth-order valence-electron chi connectivity index (χ4n) is 3.42. The van der Waals surface area contributed by atoms with Crippen molar-refractivity contribution in [3.05, 3.63) is 70.3 Å². The predicted molar refractivity (Wildman–Crippen MR) is 94.7 cm³/mol. The maximum atomic E-state index is 14.9. The predicted octanol–water partition coefficient (Wildman–Crippen LogP) is 4.81. The number of hydrogen-bond donors (Lipinski definition) is 0. The van der Waals surface area contributed by atoms with Gasteiger partial charge in [-0.25, -0.2) is 8.91 Å². The lowest BCUT2D eigenvalue weighted by molar-refractivity contribution is -0.0684. The van der Waals surface area contributed by atoms with Crippen molar-refractivity contribution in [1.29, 1.82) is 0 Å². The topological polar surface area (TPSA) is 29.7 Å². The molecule has 1 aliphatic rings. The fraction of sp³-hybridized carbons (Fsp3) is 0.300. The van der Waals surface area contributed by atoms with Crippen LogP contribution in [0, 0.1) is 19.7 Å². The molecular weight excluding hydrogens is 339 g/mol. The van der Waals surface area contributed by atoms with Gasteiger partial charge in [-0.1, -0.05) is 18.2 Å². The highest BCUT2D eigenvalue weighted by molar-refractivity contribution is 6.18. The molecule has 0 amide bonds. The van der Waals surface area contributed by atoms with Gasteiger partial charge in [0, 0.05) is 22.4 Å². The summed E-state index contributed by atoms with van der Waals surface area (Å²) in [6.45, 7) is 6.62. The summed E-state index contributed by atoms with van der Waals surface area (Å²) >= 11 is 0. The molecule has 0 N–H and O–H groups in total. The summed E-state index contributed by atoms with van der Waals surface area (Å²) in [4.78, 5) is 4.29. The molecule has 0 saturated heterocycles. The van der Waals surface area contributed by atoms with E-state index in [1.165, 1.54) is 32.0 Å². The van der Waals surface area contributed by atoms with Crippen molar-refractivity contribution < 1.29 is 13.2 Å². The van der Waals surface area contributed by atoms with Crippen molar-refractivity contribution in [3.63, 3.8) is 0 Å². The van der Waals surface area contributed by atoms with Crippen LogP contribution in [0.5, 0.6) is 0 Å². The first-order valence-electron chi connectivity index (χ1n) is 8.36. The standard InChI is InChI=1S/C20H18F3N3/c1-11-8-9-16-13(10-24-26(16)12(11)2)18-17-14(6-5-7-15(17)21)20(22,23)19(3,4)25-18/h5-10H,1-4H3. The number of halogens is 3. The molecule has 26 heavy (non-hydrogen) atoms. The van der Waals surface area contributed by atoms with Crippen LogP contribution in [-0.2, 0) is 5.92 Å². The van der Waals surface area contributed by atoms with Crippen LogP contribution in [0.4, 0.5) is 13.2 Å². The number of hydrogen-bond acceptors (Lipinski definition) is 2. The van der Waals surface area contributed by atoms with Gasteiger partial charge < -0.3 is 0 Å². The van der Waals surface area contributed by atoms with Crippen molar-refractivity contribution in [2.75, 3.05) is 0 Å². The molecule has 0 atom stereocenters. The lowest BCUT2D eigenvalue weighted by Gasteiger charge is -2.37. The van der Waals surface area contributed by atoms with Gasteiger partial charge in [0.15, 0.2) is 0 Å². The smallest absolute Gasteiger partial charge is 0.271 e. The van der Waals surface area contributed by atoms with Gasteiger partial charge in [-0.15, -0.1) is 0 Å². The van der Waals surface area contributed by atoms with Crippen LogP contribution in [0.25, 0.3) is 5.52 Å². The Labute approximate surface area is 149 Å². The lowest BCUT2D eigenvalue weighted by Crippen LogP contribution is -2.44. The molecule has 0 saturated carbocycles. The average molecular weight is 357 g/mol. The Hall–Kier alpha value is -2.63. The highest BCUT2D eigenvalue weighted by Gasteiger charge is 2.53. The number of rotatable bonds is 1. The second-order valence-electron chi connectivity index (χ2n) is 7.21. The zero-order chi connectivity index (χ0) is 18.9. The van der Waals surface area contributed by atoms with Crippen molar-refractivity contribution in [1.82, 2.24) is 9.61 Å². The Morgan fingerprint density at radius 3 is 2.50 bits per heavy atom. The monoisotopic (exact) mass is 357 g/mol. The Balaban J connectivity index is 2.07. The van der Waals surface area contributed by atoms with Gasteiger partial charge in [-0.05, 0) is 45.4 Å². The molecule has 0 radical (unpaired) electrons. The van der Waals surface area contributed by atoms with E-state index in [2.05, 4.69) is 10.1 Å². The summed E-state index contributed by atoms with van der Waals surface area (Å²) in [7, 11) is 0. The molecule has 1 aliphatic heterocycles. The highest BCUT2D eigenvalue weighted by Crippen LogP contribution is 2.47. The molecule has 0 aliphatic carbocycles. The van der Waals surface area contributed by atoms with Crippen LogP contribution >= 0.6 is 0 Å². The molecule has 3 heterocycles. The number of aliphatic imine (C=N–C) groups is 1. The molecule has 134 valence electrons. The number of benzene rings is 1. The van der Waals surface area contributed by atoms with Crippen LogP contribution in [0.2, 0.25) is 0 Å². The van der Waals surface area contributed by atoms with Crippen LogP contribution in [0.3, 0.4) is 0 Å². The molecular formula is C20H18F3N3. The van der Waals surface area contributed by atoms with Gasteiger partial charge in [-0.3, -0.25) is 4.99 Å². The number of fused-ring (bicyclic) bond motifs is 2. The molecule has 4 rings (SSSR count). The minimum atomic E-state index is -3.27. The van der Waals surface area contributed by atoms with Crippen molar-refractivity contribution in [2.24, 2.45) is 4.99 Å².